The second-order valence-electron chi connectivity index (χ2n) is 4.73. The molecule has 1 aromatic rings. The Morgan fingerprint density at radius 1 is 1.31 bits per heavy atom. The van der Waals surface area contributed by atoms with E-state index in [1.807, 2.05) is 11.8 Å². The summed E-state index contributed by atoms with van der Waals surface area (Å²) < 4.78 is 0. The van der Waals surface area contributed by atoms with Gasteiger partial charge in [-0.05, 0) is 51.1 Å². The first-order valence-corrected chi connectivity index (χ1v) is 7.35. The van der Waals surface area contributed by atoms with E-state index in [1.165, 1.54) is 29.8 Å². The third-order valence-electron chi connectivity index (χ3n) is 3.46. The fourth-order valence-electron chi connectivity index (χ4n) is 2.68. The summed E-state index contributed by atoms with van der Waals surface area (Å²) in [6.07, 6.45) is 4.83. The van der Waals surface area contributed by atoms with Gasteiger partial charge in [-0.25, -0.2) is 0 Å². The minimum absolute atomic E-state index is 0.642. The molecular formula is C14H21NS. The van der Waals surface area contributed by atoms with Crippen molar-refractivity contribution < 1.29 is 0 Å². The Kier molecular flexibility index (Phi) is 3.93. The molecule has 1 aromatic carbocycles. The van der Waals surface area contributed by atoms with Gasteiger partial charge in [0.15, 0.2) is 0 Å². The first-order valence-electron chi connectivity index (χ1n) is 6.12. The van der Waals surface area contributed by atoms with Crippen molar-refractivity contribution in [2.45, 2.75) is 43.7 Å². The molecule has 0 bridgehead atoms. The average Bonchev–Trinajstić information content (AvgIpc) is 2.77. The Morgan fingerprint density at radius 2 is 2.06 bits per heavy atom. The van der Waals surface area contributed by atoms with Gasteiger partial charge in [0.2, 0.25) is 0 Å². The lowest BCUT2D eigenvalue weighted by Gasteiger charge is -2.29. The van der Waals surface area contributed by atoms with Crippen molar-refractivity contribution in [2.75, 3.05) is 12.8 Å². The smallest absolute Gasteiger partial charge is 0.0362 e. The van der Waals surface area contributed by atoms with Crippen LogP contribution >= 0.6 is 11.8 Å². The topological polar surface area (TPSA) is 3.24 Å². The molecule has 2 rings (SSSR count). The van der Waals surface area contributed by atoms with Crippen molar-refractivity contribution in [3.8, 4) is 0 Å². The molecule has 0 N–H and O–H groups in total. The normalized spacial score (nSPS) is 21.9. The van der Waals surface area contributed by atoms with Gasteiger partial charge in [0, 0.05) is 17.0 Å². The van der Waals surface area contributed by atoms with Crippen molar-refractivity contribution in [1.82, 2.24) is 4.90 Å². The van der Waals surface area contributed by atoms with Crippen LogP contribution in [-0.2, 0) is 0 Å². The SMILES string of the molecule is CSc1ccccc1[C@H]1CCCN1C(C)C. The Hall–Kier alpha value is -0.470. The van der Waals surface area contributed by atoms with E-state index in [1.54, 1.807) is 0 Å². The van der Waals surface area contributed by atoms with Gasteiger partial charge in [-0.15, -0.1) is 11.8 Å². The largest absolute Gasteiger partial charge is 0.294 e. The minimum Gasteiger partial charge on any atom is -0.294 e. The first kappa shape index (κ1) is 12.0. The van der Waals surface area contributed by atoms with Crippen LogP contribution in [0, 0.1) is 0 Å². The lowest BCUT2D eigenvalue weighted by molar-refractivity contribution is 0.203. The Morgan fingerprint density at radius 3 is 2.75 bits per heavy atom. The number of likely N-dealkylation sites (tertiary alicyclic amines) is 1. The summed E-state index contributed by atoms with van der Waals surface area (Å²) in [7, 11) is 0. The highest BCUT2D eigenvalue weighted by molar-refractivity contribution is 7.98. The van der Waals surface area contributed by atoms with Crippen molar-refractivity contribution in [3.05, 3.63) is 29.8 Å². The fourth-order valence-corrected chi connectivity index (χ4v) is 3.34. The molecule has 1 atom stereocenters. The van der Waals surface area contributed by atoms with Gasteiger partial charge in [-0.3, -0.25) is 4.90 Å². The van der Waals surface area contributed by atoms with E-state index in [0.717, 1.165) is 0 Å². The number of hydrogen-bond donors (Lipinski definition) is 0. The van der Waals surface area contributed by atoms with Gasteiger partial charge in [0.25, 0.3) is 0 Å². The number of benzene rings is 1. The summed E-state index contributed by atoms with van der Waals surface area (Å²) in [6.45, 7) is 5.87. The Bertz CT molecular complexity index is 348. The van der Waals surface area contributed by atoms with Crippen LogP contribution in [0.15, 0.2) is 29.2 Å². The summed E-state index contributed by atoms with van der Waals surface area (Å²) in [5.41, 5.74) is 1.53. The predicted octanol–water partition coefficient (Wildman–Crippen LogP) is 3.95. The maximum atomic E-state index is 2.63. The summed E-state index contributed by atoms with van der Waals surface area (Å²) in [5.74, 6) is 0. The van der Waals surface area contributed by atoms with E-state index in [0.29, 0.717) is 12.1 Å². The number of nitrogens with zero attached hydrogens (tertiary/aromatic N) is 1. The van der Waals surface area contributed by atoms with Crippen LogP contribution < -0.4 is 0 Å². The number of hydrogen-bond acceptors (Lipinski definition) is 2. The average molecular weight is 235 g/mol. The molecule has 1 aliphatic rings. The molecule has 0 unspecified atom stereocenters. The molecule has 16 heavy (non-hydrogen) atoms. The maximum absolute atomic E-state index is 2.63. The number of thioether (sulfide) groups is 1. The van der Waals surface area contributed by atoms with E-state index in [-0.39, 0.29) is 0 Å². The lowest BCUT2D eigenvalue weighted by atomic mass is 10.0. The molecule has 1 heterocycles. The van der Waals surface area contributed by atoms with Crippen LogP contribution in [0.2, 0.25) is 0 Å². The molecule has 0 aliphatic carbocycles. The quantitative estimate of drug-likeness (QED) is 0.730. The molecule has 0 aromatic heterocycles. The molecule has 88 valence electrons. The zero-order chi connectivity index (χ0) is 11.5. The van der Waals surface area contributed by atoms with Crippen molar-refractivity contribution in [2.24, 2.45) is 0 Å². The zero-order valence-corrected chi connectivity index (χ0v) is 11.3. The third kappa shape index (κ3) is 2.28. The van der Waals surface area contributed by atoms with Crippen LogP contribution in [-0.4, -0.2) is 23.7 Å². The van der Waals surface area contributed by atoms with Crippen molar-refractivity contribution in [1.29, 1.82) is 0 Å². The van der Waals surface area contributed by atoms with E-state index in [2.05, 4.69) is 49.3 Å². The molecule has 0 amide bonds. The van der Waals surface area contributed by atoms with Crippen molar-refractivity contribution in [3.63, 3.8) is 0 Å². The molecule has 1 fully saturated rings. The van der Waals surface area contributed by atoms with Crippen molar-refractivity contribution >= 4 is 11.8 Å². The second-order valence-corrected chi connectivity index (χ2v) is 5.58. The van der Waals surface area contributed by atoms with Crippen LogP contribution in [0.1, 0.15) is 38.3 Å². The van der Waals surface area contributed by atoms with Gasteiger partial charge in [-0.1, -0.05) is 18.2 Å². The van der Waals surface area contributed by atoms with E-state index in [9.17, 15) is 0 Å². The molecule has 0 saturated carbocycles. The molecule has 0 spiro atoms. The minimum atomic E-state index is 0.642. The molecule has 1 saturated heterocycles. The van der Waals surface area contributed by atoms with Gasteiger partial charge in [0.1, 0.15) is 0 Å². The summed E-state index contributed by atoms with van der Waals surface area (Å²) in [5, 5.41) is 0. The van der Waals surface area contributed by atoms with Crippen LogP contribution in [0.3, 0.4) is 0 Å². The Balaban J connectivity index is 2.28. The van der Waals surface area contributed by atoms with Gasteiger partial charge >= 0.3 is 0 Å². The highest BCUT2D eigenvalue weighted by Gasteiger charge is 2.28. The monoisotopic (exact) mass is 235 g/mol. The standard InChI is InChI=1S/C14H21NS/c1-11(2)15-10-6-8-13(15)12-7-4-5-9-14(12)16-3/h4-5,7,9,11,13H,6,8,10H2,1-3H3/t13-/m1/s1. The lowest BCUT2D eigenvalue weighted by Crippen LogP contribution is -2.30. The summed E-state index contributed by atoms with van der Waals surface area (Å²) in [4.78, 5) is 4.08. The molecule has 1 aliphatic heterocycles. The highest BCUT2D eigenvalue weighted by atomic mass is 32.2. The second kappa shape index (κ2) is 5.24. The summed E-state index contributed by atoms with van der Waals surface area (Å²) in [6, 6.07) is 10.2. The van der Waals surface area contributed by atoms with Crippen LogP contribution in [0.25, 0.3) is 0 Å². The van der Waals surface area contributed by atoms with Gasteiger partial charge in [-0.2, -0.15) is 0 Å². The maximum Gasteiger partial charge on any atom is 0.0362 e. The Labute approximate surface area is 103 Å². The third-order valence-corrected chi connectivity index (χ3v) is 4.27. The van der Waals surface area contributed by atoms with Crippen LogP contribution in [0.5, 0.6) is 0 Å². The molecular weight excluding hydrogens is 214 g/mol. The van der Waals surface area contributed by atoms with E-state index < -0.39 is 0 Å². The molecule has 2 heteroatoms. The first-order chi connectivity index (χ1) is 7.74. The number of rotatable bonds is 3. The van der Waals surface area contributed by atoms with Gasteiger partial charge in [0.05, 0.1) is 0 Å². The van der Waals surface area contributed by atoms with Gasteiger partial charge < -0.3 is 0 Å². The fraction of sp³-hybridized carbons (Fsp3) is 0.571. The molecule has 0 radical (unpaired) electrons. The highest BCUT2D eigenvalue weighted by Crippen LogP contribution is 2.37. The van der Waals surface area contributed by atoms with E-state index in [4.69, 9.17) is 0 Å². The zero-order valence-electron chi connectivity index (χ0n) is 10.4. The van der Waals surface area contributed by atoms with Crippen LogP contribution in [0.4, 0.5) is 0 Å². The molecule has 1 nitrogen and oxygen atoms in total. The summed E-state index contributed by atoms with van der Waals surface area (Å²) >= 11 is 1.87. The van der Waals surface area contributed by atoms with E-state index >= 15 is 0 Å². The predicted molar refractivity (Wildman–Crippen MR) is 72.0 cm³/mol.